The van der Waals surface area contributed by atoms with Crippen molar-refractivity contribution < 1.29 is 20.0 Å². The molecule has 0 N–H and O–H groups in total. The van der Waals surface area contributed by atoms with Gasteiger partial charge in [-0.2, -0.15) is 0 Å². The molecule has 1 aliphatic heterocycles. The van der Waals surface area contributed by atoms with Crippen molar-refractivity contribution >= 4 is 12.2 Å². The molecule has 8 rings (SSSR count). The first kappa shape index (κ1) is 25.9. The van der Waals surface area contributed by atoms with Crippen LogP contribution in [0.5, 0.6) is 0 Å². The van der Waals surface area contributed by atoms with Crippen LogP contribution in [-0.4, -0.2) is 0 Å². The minimum absolute atomic E-state index is 0.217. The Morgan fingerprint density at radius 2 is 1.05 bits per heavy atom. The molecule has 4 aromatic carbocycles. The molecule has 0 amide bonds. The van der Waals surface area contributed by atoms with E-state index >= 15 is 0 Å². The number of hydrogen-bond acceptors (Lipinski definition) is 0. The maximum absolute atomic E-state index is 3.04. The Hall–Kier alpha value is -2.77. The van der Waals surface area contributed by atoms with Gasteiger partial charge in [0.15, 0.2) is 0 Å². The van der Waals surface area contributed by atoms with E-state index in [-0.39, 0.29) is 5.41 Å². The SMILES string of the molecule is Cc1cccc(-c2cccc3c2C=C2[CH]3[Hf]([CH3])([CH3])[CH]3C(=Cc4c(-c5cccc(C)c5)cccc43)C23CCCCC3)c1. The molecule has 0 nitrogen and oxygen atoms in total. The third-order valence-electron chi connectivity index (χ3n) is 11.1. The van der Waals surface area contributed by atoms with Crippen molar-refractivity contribution in [3.8, 4) is 22.3 Å². The van der Waals surface area contributed by atoms with E-state index in [1.165, 1.54) is 76.6 Å². The molecular weight excluding hydrogens is 659 g/mol. The molecule has 2 atom stereocenters. The van der Waals surface area contributed by atoms with Gasteiger partial charge in [-0.05, 0) is 0 Å². The third kappa shape index (κ3) is 3.73. The van der Waals surface area contributed by atoms with Crippen LogP contribution in [-0.2, 0) is 20.0 Å². The Bertz CT molecular complexity index is 1650. The van der Waals surface area contributed by atoms with Crippen LogP contribution < -0.4 is 0 Å². The average Bonchev–Trinajstić information content (AvgIpc) is 3.58. The molecule has 1 saturated carbocycles. The number of hydrogen-bond donors (Lipinski definition) is 0. The summed E-state index contributed by atoms with van der Waals surface area (Å²) in [6, 6.07) is 32.8. The molecule has 41 heavy (non-hydrogen) atoms. The van der Waals surface area contributed by atoms with E-state index in [2.05, 4.69) is 120 Å². The molecule has 1 spiro atoms. The fourth-order valence-corrected chi connectivity index (χ4v) is 26.5. The van der Waals surface area contributed by atoms with Gasteiger partial charge in [-0.25, -0.2) is 0 Å². The van der Waals surface area contributed by atoms with Crippen LogP contribution in [0.3, 0.4) is 0 Å². The summed E-state index contributed by atoms with van der Waals surface area (Å²) in [4.78, 5) is 0. The molecule has 4 aliphatic rings. The number of allylic oxidation sites excluding steroid dienone is 2. The molecule has 0 bridgehead atoms. The van der Waals surface area contributed by atoms with E-state index in [9.17, 15) is 0 Å². The summed E-state index contributed by atoms with van der Waals surface area (Å²) >= 11 is -3.04. The Labute approximate surface area is 250 Å². The van der Waals surface area contributed by atoms with Crippen LogP contribution in [0, 0.1) is 19.3 Å². The van der Waals surface area contributed by atoms with Crippen LogP contribution in [0.2, 0.25) is 9.36 Å². The Balaban J connectivity index is 1.37. The van der Waals surface area contributed by atoms with Gasteiger partial charge in [0.25, 0.3) is 0 Å². The van der Waals surface area contributed by atoms with Crippen LogP contribution in [0.4, 0.5) is 0 Å². The third-order valence-corrected chi connectivity index (χ3v) is 26.2. The van der Waals surface area contributed by atoms with Gasteiger partial charge in [0.2, 0.25) is 0 Å². The van der Waals surface area contributed by atoms with Gasteiger partial charge in [0, 0.05) is 0 Å². The number of aryl methyl sites for hydroxylation is 2. The van der Waals surface area contributed by atoms with Gasteiger partial charge in [-0.3, -0.25) is 0 Å². The second kappa shape index (κ2) is 9.37. The van der Waals surface area contributed by atoms with Crippen molar-refractivity contribution in [2.75, 3.05) is 0 Å². The summed E-state index contributed by atoms with van der Waals surface area (Å²) in [5.74, 6) is 0. The quantitative estimate of drug-likeness (QED) is 0.183. The number of fused-ring (bicyclic) bond motifs is 8. The predicted molar refractivity (Wildman–Crippen MR) is 172 cm³/mol. The molecule has 3 aliphatic carbocycles. The van der Waals surface area contributed by atoms with Gasteiger partial charge >= 0.3 is 252 Å². The number of benzene rings is 4. The van der Waals surface area contributed by atoms with Crippen molar-refractivity contribution in [3.05, 3.63) is 129 Å². The Kier molecular flexibility index (Phi) is 5.92. The summed E-state index contributed by atoms with van der Waals surface area (Å²) in [5, 5.41) is 0. The zero-order valence-corrected chi connectivity index (χ0v) is 28.5. The number of rotatable bonds is 2. The Morgan fingerprint density at radius 3 is 1.51 bits per heavy atom. The zero-order chi connectivity index (χ0) is 27.9. The monoisotopic (exact) mass is 700 g/mol. The van der Waals surface area contributed by atoms with Gasteiger partial charge in [0.1, 0.15) is 0 Å². The summed E-state index contributed by atoms with van der Waals surface area (Å²) in [5.41, 5.74) is 18.5. The molecule has 1 heteroatoms. The standard InChI is InChI=1S/C38H34.2CH3.Hf/c1-26-10-6-12-28(20-26)34-16-8-14-30-22-32(24-36(30)34)38(18-4-3-5-19-38)33-23-31-15-9-17-35(37(31)25-33)29-13-7-11-27(2)21-29;;;/h6-17,20-25H,3-5,18-19H2,1-2H3;2*1H3;. The first-order chi connectivity index (χ1) is 19.9. The molecule has 1 heterocycles. The summed E-state index contributed by atoms with van der Waals surface area (Å²) in [6.07, 6.45) is 12.2. The molecule has 1 saturated heterocycles. The van der Waals surface area contributed by atoms with E-state index in [0.717, 1.165) is 0 Å². The zero-order valence-electron chi connectivity index (χ0n) is 24.9. The molecule has 204 valence electrons. The average molecular weight is 699 g/mol. The molecule has 4 aromatic rings. The van der Waals surface area contributed by atoms with Crippen molar-refractivity contribution in [2.45, 2.75) is 62.7 Å². The van der Waals surface area contributed by atoms with Crippen molar-refractivity contribution in [3.63, 3.8) is 0 Å². The van der Waals surface area contributed by atoms with Crippen molar-refractivity contribution in [2.24, 2.45) is 5.41 Å². The second-order valence-electron chi connectivity index (χ2n) is 13.9. The van der Waals surface area contributed by atoms with E-state index in [4.69, 9.17) is 0 Å². The fraction of sp³-hybridized carbons (Fsp3) is 0.300. The fourth-order valence-electron chi connectivity index (χ4n) is 9.43. The summed E-state index contributed by atoms with van der Waals surface area (Å²) in [7, 11) is 0. The van der Waals surface area contributed by atoms with E-state index in [0.29, 0.717) is 7.35 Å². The van der Waals surface area contributed by atoms with Crippen LogP contribution >= 0.6 is 0 Å². The second-order valence-corrected chi connectivity index (χ2v) is 31.1. The van der Waals surface area contributed by atoms with Gasteiger partial charge < -0.3 is 0 Å². The first-order valence-electron chi connectivity index (χ1n) is 15.7. The van der Waals surface area contributed by atoms with Crippen molar-refractivity contribution in [1.29, 1.82) is 0 Å². The van der Waals surface area contributed by atoms with E-state index in [1.54, 1.807) is 11.1 Å². The molecule has 0 aromatic heterocycles. The van der Waals surface area contributed by atoms with Gasteiger partial charge in [-0.1, -0.05) is 0 Å². The molecule has 2 unspecified atom stereocenters. The van der Waals surface area contributed by atoms with Crippen LogP contribution in [0.25, 0.3) is 34.4 Å². The molecular formula is C40H40Hf. The van der Waals surface area contributed by atoms with E-state index < -0.39 is 20.0 Å². The molecule has 2 fully saturated rings. The topological polar surface area (TPSA) is 0 Å². The van der Waals surface area contributed by atoms with Crippen LogP contribution in [0.1, 0.15) is 72.8 Å². The predicted octanol–water partition coefficient (Wildman–Crippen LogP) is 11.4. The normalized spacial score (nSPS) is 22.8. The Morgan fingerprint density at radius 1 is 0.585 bits per heavy atom. The minimum atomic E-state index is -3.04. The summed E-state index contributed by atoms with van der Waals surface area (Å²) in [6.45, 7) is 4.44. The first-order valence-corrected chi connectivity index (χ1v) is 27.1. The summed E-state index contributed by atoms with van der Waals surface area (Å²) < 4.78 is 6.91. The van der Waals surface area contributed by atoms with E-state index in [1.807, 2.05) is 11.1 Å². The van der Waals surface area contributed by atoms with Crippen LogP contribution in [0.15, 0.2) is 96.1 Å². The maximum atomic E-state index is 2.79. The molecule has 0 radical (unpaired) electrons. The van der Waals surface area contributed by atoms with Gasteiger partial charge in [0.05, 0.1) is 0 Å². The van der Waals surface area contributed by atoms with Crippen molar-refractivity contribution in [1.82, 2.24) is 0 Å². The van der Waals surface area contributed by atoms with Gasteiger partial charge in [-0.15, -0.1) is 0 Å².